The Kier molecular flexibility index (Phi) is 4.33. The first-order valence-electron chi connectivity index (χ1n) is 6.51. The number of nitrogens with one attached hydrogen (secondary N) is 1. The standard InChI is InChI=1S/C13H19N5O/c1-4-6-18-9-11(8-15-18)19-12-7-10(3)16-13(17-12)14-5-2/h7-9H,4-6H2,1-3H3,(H,14,16,17). The molecule has 0 aliphatic rings. The van der Waals surface area contributed by atoms with Gasteiger partial charge in [-0.15, -0.1) is 0 Å². The molecule has 2 aromatic rings. The zero-order chi connectivity index (χ0) is 13.7. The fourth-order valence-electron chi connectivity index (χ4n) is 1.70. The number of aryl methyl sites for hydroxylation is 2. The molecule has 1 N–H and O–H groups in total. The smallest absolute Gasteiger partial charge is 0.226 e. The summed E-state index contributed by atoms with van der Waals surface area (Å²) in [6.07, 6.45) is 4.60. The van der Waals surface area contributed by atoms with Crippen molar-refractivity contribution in [2.45, 2.75) is 33.7 Å². The van der Waals surface area contributed by atoms with Gasteiger partial charge in [0.2, 0.25) is 11.8 Å². The summed E-state index contributed by atoms with van der Waals surface area (Å²) in [4.78, 5) is 8.57. The molecule has 19 heavy (non-hydrogen) atoms. The first-order valence-corrected chi connectivity index (χ1v) is 6.51. The van der Waals surface area contributed by atoms with Gasteiger partial charge in [0, 0.05) is 24.8 Å². The van der Waals surface area contributed by atoms with E-state index in [1.807, 2.05) is 24.7 Å². The summed E-state index contributed by atoms with van der Waals surface area (Å²) in [5.74, 6) is 1.80. The van der Waals surface area contributed by atoms with E-state index < -0.39 is 0 Å². The van der Waals surface area contributed by atoms with E-state index in [2.05, 4.69) is 27.3 Å². The molecule has 102 valence electrons. The number of nitrogens with zero attached hydrogens (tertiary/aromatic N) is 4. The van der Waals surface area contributed by atoms with E-state index in [1.165, 1.54) is 0 Å². The first kappa shape index (κ1) is 13.3. The fraction of sp³-hybridized carbons (Fsp3) is 0.462. The van der Waals surface area contributed by atoms with Crippen molar-refractivity contribution in [2.24, 2.45) is 0 Å². The van der Waals surface area contributed by atoms with E-state index in [1.54, 1.807) is 12.3 Å². The van der Waals surface area contributed by atoms with E-state index in [0.717, 1.165) is 25.2 Å². The average Bonchev–Trinajstić information content (AvgIpc) is 2.76. The zero-order valence-corrected chi connectivity index (χ0v) is 11.6. The van der Waals surface area contributed by atoms with Gasteiger partial charge in [0.25, 0.3) is 0 Å². The van der Waals surface area contributed by atoms with E-state index in [0.29, 0.717) is 17.6 Å². The molecule has 0 aliphatic carbocycles. The van der Waals surface area contributed by atoms with Gasteiger partial charge in [-0.05, 0) is 20.3 Å². The maximum atomic E-state index is 5.70. The van der Waals surface area contributed by atoms with Crippen molar-refractivity contribution in [3.8, 4) is 11.6 Å². The second-order valence-electron chi connectivity index (χ2n) is 4.24. The highest BCUT2D eigenvalue weighted by molar-refractivity contribution is 5.32. The SMILES string of the molecule is CCCn1cc(Oc2cc(C)nc(NCC)n2)cn1. The Labute approximate surface area is 112 Å². The van der Waals surface area contributed by atoms with Crippen LogP contribution in [0.5, 0.6) is 11.6 Å². The van der Waals surface area contributed by atoms with Crippen LogP contribution in [-0.2, 0) is 6.54 Å². The van der Waals surface area contributed by atoms with Crippen molar-refractivity contribution in [1.82, 2.24) is 19.7 Å². The molecule has 0 amide bonds. The molecule has 0 fully saturated rings. The molecule has 2 heterocycles. The van der Waals surface area contributed by atoms with Gasteiger partial charge in [0.15, 0.2) is 5.75 Å². The quantitative estimate of drug-likeness (QED) is 0.866. The van der Waals surface area contributed by atoms with Gasteiger partial charge in [0.05, 0.1) is 12.4 Å². The lowest BCUT2D eigenvalue weighted by Gasteiger charge is -2.06. The van der Waals surface area contributed by atoms with Crippen molar-refractivity contribution in [1.29, 1.82) is 0 Å². The molecule has 0 spiro atoms. The molecule has 6 heteroatoms. The highest BCUT2D eigenvalue weighted by Gasteiger charge is 2.05. The Morgan fingerprint density at radius 3 is 2.89 bits per heavy atom. The maximum Gasteiger partial charge on any atom is 0.226 e. The van der Waals surface area contributed by atoms with E-state index in [9.17, 15) is 0 Å². The summed E-state index contributed by atoms with van der Waals surface area (Å²) in [7, 11) is 0. The summed E-state index contributed by atoms with van der Waals surface area (Å²) in [6, 6.07) is 1.80. The van der Waals surface area contributed by atoms with Gasteiger partial charge in [-0.2, -0.15) is 10.1 Å². The number of rotatable bonds is 6. The van der Waals surface area contributed by atoms with Crippen LogP contribution in [0.3, 0.4) is 0 Å². The minimum absolute atomic E-state index is 0.527. The van der Waals surface area contributed by atoms with Gasteiger partial charge in [-0.3, -0.25) is 4.68 Å². The number of hydrogen-bond donors (Lipinski definition) is 1. The first-order chi connectivity index (χ1) is 9.21. The van der Waals surface area contributed by atoms with Crippen LogP contribution < -0.4 is 10.1 Å². The maximum absolute atomic E-state index is 5.70. The van der Waals surface area contributed by atoms with Gasteiger partial charge < -0.3 is 10.1 Å². The van der Waals surface area contributed by atoms with Gasteiger partial charge in [-0.25, -0.2) is 4.98 Å². The van der Waals surface area contributed by atoms with E-state index in [4.69, 9.17) is 4.74 Å². The monoisotopic (exact) mass is 261 g/mol. The Hall–Kier alpha value is -2.11. The summed E-state index contributed by atoms with van der Waals surface area (Å²) in [5, 5.41) is 7.29. The average molecular weight is 261 g/mol. The third-order valence-electron chi connectivity index (χ3n) is 2.45. The number of aromatic nitrogens is 4. The van der Waals surface area contributed by atoms with Crippen LogP contribution in [0.15, 0.2) is 18.5 Å². The molecule has 0 aliphatic heterocycles. The third kappa shape index (κ3) is 3.67. The molecule has 0 atom stereocenters. The molecule has 2 rings (SSSR count). The van der Waals surface area contributed by atoms with Crippen LogP contribution in [0.4, 0.5) is 5.95 Å². The van der Waals surface area contributed by atoms with Crippen LogP contribution in [0.1, 0.15) is 26.0 Å². The van der Waals surface area contributed by atoms with Crippen molar-refractivity contribution in [3.05, 3.63) is 24.2 Å². The van der Waals surface area contributed by atoms with E-state index in [-0.39, 0.29) is 0 Å². The molecule has 0 unspecified atom stereocenters. The van der Waals surface area contributed by atoms with Crippen molar-refractivity contribution >= 4 is 5.95 Å². The van der Waals surface area contributed by atoms with Gasteiger partial charge >= 0.3 is 0 Å². The number of hydrogen-bond acceptors (Lipinski definition) is 5. The fourth-order valence-corrected chi connectivity index (χ4v) is 1.70. The highest BCUT2D eigenvalue weighted by Crippen LogP contribution is 2.20. The Bertz CT molecular complexity index is 538. The molecule has 0 aromatic carbocycles. The van der Waals surface area contributed by atoms with Crippen LogP contribution in [0.25, 0.3) is 0 Å². The van der Waals surface area contributed by atoms with Crippen LogP contribution >= 0.6 is 0 Å². The Morgan fingerprint density at radius 1 is 1.32 bits per heavy atom. The molecule has 2 aromatic heterocycles. The van der Waals surface area contributed by atoms with Gasteiger partial charge in [-0.1, -0.05) is 6.92 Å². The molecule has 0 radical (unpaired) electrons. The van der Waals surface area contributed by atoms with Crippen LogP contribution in [0, 0.1) is 6.92 Å². The van der Waals surface area contributed by atoms with Crippen LogP contribution in [-0.4, -0.2) is 26.3 Å². The topological polar surface area (TPSA) is 64.9 Å². The third-order valence-corrected chi connectivity index (χ3v) is 2.45. The predicted molar refractivity (Wildman–Crippen MR) is 73.5 cm³/mol. The molecule has 0 saturated carbocycles. The summed E-state index contributed by atoms with van der Waals surface area (Å²) in [6.45, 7) is 7.68. The molecule has 0 bridgehead atoms. The normalized spacial score (nSPS) is 10.5. The Balaban J connectivity index is 2.12. The van der Waals surface area contributed by atoms with E-state index >= 15 is 0 Å². The summed E-state index contributed by atoms with van der Waals surface area (Å²) >= 11 is 0. The molecule has 6 nitrogen and oxygen atoms in total. The zero-order valence-electron chi connectivity index (χ0n) is 11.6. The summed E-state index contributed by atoms with van der Waals surface area (Å²) in [5.41, 5.74) is 0.863. The Morgan fingerprint density at radius 2 is 2.16 bits per heavy atom. The minimum Gasteiger partial charge on any atom is -0.436 e. The number of ether oxygens (including phenoxy) is 1. The lowest BCUT2D eigenvalue weighted by molar-refractivity contribution is 0.460. The van der Waals surface area contributed by atoms with Crippen LogP contribution in [0.2, 0.25) is 0 Å². The second-order valence-corrected chi connectivity index (χ2v) is 4.24. The van der Waals surface area contributed by atoms with Crippen molar-refractivity contribution < 1.29 is 4.74 Å². The number of anilines is 1. The summed E-state index contributed by atoms with van der Waals surface area (Å²) < 4.78 is 7.55. The molecular weight excluding hydrogens is 242 g/mol. The van der Waals surface area contributed by atoms with Crippen molar-refractivity contribution in [3.63, 3.8) is 0 Å². The minimum atomic E-state index is 0.527. The highest BCUT2D eigenvalue weighted by atomic mass is 16.5. The van der Waals surface area contributed by atoms with Gasteiger partial charge in [0.1, 0.15) is 0 Å². The largest absolute Gasteiger partial charge is 0.436 e. The molecular formula is C13H19N5O. The second kappa shape index (κ2) is 6.17. The lowest BCUT2D eigenvalue weighted by atomic mass is 10.4. The predicted octanol–water partition coefficient (Wildman–Crippen LogP) is 2.62. The molecule has 0 saturated heterocycles. The lowest BCUT2D eigenvalue weighted by Crippen LogP contribution is -2.03. The van der Waals surface area contributed by atoms with Crippen molar-refractivity contribution in [2.75, 3.05) is 11.9 Å².